The first-order valence-electron chi connectivity index (χ1n) is 11.4. The Balaban J connectivity index is 1.57. The number of furan rings is 1. The van der Waals surface area contributed by atoms with Crippen LogP contribution in [0.3, 0.4) is 0 Å². The highest BCUT2D eigenvalue weighted by Gasteiger charge is 2.23. The Morgan fingerprint density at radius 1 is 0.765 bits per heavy atom. The Morgan fingerprint density at radius 3 is 2.41 bits per heavy atom. The third-order valence-electron chi connectivity index (χ3n) is 6.37. The standard InChI is InChI=1S/C29H20N4O/c1-3-11-19(12-4-1)27-30-28(20-13-5-2-6-14-20)32-29(31-27)33-23-17-9-7-15-21(23)26-25(33)22-16-8-10-18-24(22)34-26/h1-13,15-18,20H,14H2. The summed E-state index contributed by atoms with van der Waals surface area (Å²) in [4.78, 5) is 14.9. The molecular weight excluding hydrogens is 420 g/mol. The summed E-state index contributed by atoms with van der Waals surface area (Å²) in [6.45, 7) is 0. The highest BCUT2D eigenvalue weighted by molar-refractivity contribution is 6.16. The van der Waals surface area contributed by atoms with Crippen molar-refractivity contribution in [2.75, 3.05) is 0 Å². The van der Waals surface area contributed by atoms with Gasteiger partial charge in [0.15, 0.2) is 11.4 Å². The zero-order valence-corrected chi connectivity index (χ0v) is 18.3. The molecule has 6 aromatic rings. The van der Waals surface area contributed by atoms with E-state index in [2.05, 4.69) is 47.1 Å². The summed E-state index contributed by atoms with van der Waals surface area (Å²) >= 11 is 0. The van der Waals surface area contributed by atoms with Crippen LogP contribution in [0.15, 0.2) is 108 Å². The van der Waals surface area contributed by atoms with Crippen molar-refractivity contribution < 1.29 is 4.42 Å². The number of benzene rings is 3. The molecule has 1 aliphatic carbocycles. The Bertz CT molecular complexity index is 1730. The molecule has 0 saturated carbocycles. The molecular formula is C29H20N4O. The molecule has 162 valence electrons. The van der Waals surface area contributed by atoms with Gasteiger partial charge in [-0.2, -0.15) is 9.97 Å². The summed E-state index contributed by atoms with van der Waals surface area (Å²) < 4.78 is 8.44. The van der Waals surface area contributed by atoms with Crippen LogP contribution < -0.4 is 0 Å². The molecule has 3 aromatic heterocycles. The smallest absolute Gasteiger partial charge is 0.238 e. The highest BCUT2D eigenvalue weighted by Crippen LogP contribution is 2.38. The Labute approximate surface area is 195 Å². The van der Waals surface area contributed by atoms with Crippen molar-refractivity contribution in [3.05, 3.63) is 109 Å². The first-order chi connectivity index (χ1) is 16.9. The van der Waals surface area contributed by atoms with Crippen LogP contribution in [-0.4, -0.2) is 19.5 Å². The van der Waals surface area contributed by atoms with E-state index in [1.54, 1.807) is 0 Å². The number of para-hydroxylation sites is 2. The van der Waals surface area contributed by atoms with Gasteiger partial charge in [-0.3, -0.25) is 4.57 Å². The average Bonchev–Trinajstić information content (AvgIpc) is 3.44. The number of fused-ring (bicyclic) bond motifs is 5. The molecule has 0 amide bonds. The van der Waals surface area contributed by atoms with Gasteiger partial charge in [0.05, 0.1) is 5.52 Å². The summed E-state index contributed by atoms with van der Waals surface area (Å²) in [6.07, 6.45) is 9.31. The first-order valence-corrected chi connectivity index (χ1v) is 11.4. The molecule has 1 aliphatic rings. The zero-order valence-electron chi connectivity index (χ0n) is 18.3. The second-order valence-electron chi connectivity index (χ2n) is 8.47. The maximum atomic E-state index is 6.32. The second-order valence-corrected chi connectivity index (χ2v) is 8.47. The average molecular weight is 441 g/mol. The van der Waals surface area contributed by atoms with E-state index in [1.807, 2.05) is 60.7 Å². The minimum atomic E-state index is 0.104. The molecule has 3 aromatic carbocycles. The maximum Gasteiger partial charge on any atom is 0.238 e. The summed E-state index contributed by atoms with van der Waals surface area (Å²) in [7, 11) is 0. The number of rotatable bonds is 3. The molecule has 3 heterocycles. The maximum absolute atomic E-state index is 6.32. The van der Waals surface area contributed by atoms with Crippen LogP contribution in [0.2, 0.25) is 0 Å². The molecule has 0 radical (unpaired) electrons. The molecule has 34 heavy (non-hydrogen) atoms. The summed E-state index contributed by atoms with van der Waals surface area (Å²) in [5.74, 6) is 2.14. The lowest BCUT2D eigenvalue weighted by Crippen LogP contribution is -2.11. The summed E-state index contributed by atoms with van der Waals surface area (Å²) in [6, 6.07) is 26.5. The van der Waals surface area contributed by atoms with E-state index in [0.717, 1.165) is 50.8 Å². The van der Waals surface area contributed by atoms with Crippen LogP contribution in [-0.2, 0) is 0 Å². The van der Waals surface area contributed by atoms with Gasteiger partial charge in [0.25, 0.3) is 0 Å². The van der Waals surface area contributed by atoms with E-state index in [1.165, 1.54) is 0 Å². The predicted octanol–water partition coefficient (Wildman–Crippen LogP) is 6.98. The minimum Gasteiger partial charge on any atom is -0.454 e. The topological polar surface area (TPSA) is 56.7 Å². The fourth-order valence-corrected chi connectivity index (χ4v) is 4.76. The van der Waals surface area contributed by atoms with Crippen molar-refractivity contribution in [3.8, 4) is 17.3 Å². The van der Waals surface area contributed by atoms with Gasteiger partial charge in [-0.05, 0) is 30.7 Å². The van der Waals surface area contributed by atoms with Crippen LogP contribution in [0.25, 0.3) is 50.3 Å². The van der Waals surface area contributed by atoms with Crippen molar-refractivity contribution in [2.24, 2.45) is 0 Å². The van der Waals surface area contributed by atoms with E-state index in [9.17, 15) is 0 Å². The summed E-state index contributed by atoms with van der Waals surface area (Å²) in [5, 5.41) is 2.08. The predicted molar refractivity (Wildman–Crippen MR) is 135 cm³/mol. The molecule has 1 atom stereocenters. The fraction of sp³-hybridized carbons (Fsp3) is 0.0690. The first kappa shape index (κ1) is 19.0. The van der Waals surface area contributed by atoms with Crippen LogP contribution in [0.1, 0.15) is 18.2 Å². The molecule has 0 spiro atoms. The normalized spacial score (nSPS) is 15.6. The monoisotopic (exact) mass is 440 g/mol. The van der Waals surface area contributed by atoms with Crippen molar-refractivity contribution in [3.63, 3.8) is 0 Å². The SMILES string of the molecule is C1=CCC(c2nc(-c3ccccc3)nc(-n3c4ccccc4c4oc5ccccc5c43)n2)C=C1. The van der Waals surface area contributed by atoms with Crippen molar-refractivity contribution in [1.29, 1.82) is 0 Å². The molecule has 0 aliphatic heterocycles. The lowest BCUT2D eigenvalue weighted by Gasteiger charge is -2.15. The molecule has 0 N–H and O–H groups in total. The number of nitrogens with zero attached hydrogens (tertiary/aromatic N) is 4. The van der Waals surface area contributed by atoms with E-state index in [0.29, 0.717) is 11.8 Å². The summed E-state index contributed by atoms with van der Waals surface area (Å²) in [5.41, 5.74) is 4.65. The quantitative estimate of drug-likeness (QED) is 0.298. The molecule has 0 bridgehead atoms. The van der Waals surface area contributed by atoms with Crippen LogP contribution >= 0.6 is 0 Å². The van der Waals surface area contributed by atoms with Gasteiger partial charge in [0.2, 0.25) is 5.95 Å². The third-order valence-corrected chi connectivity index (χ3v) is 6.37. The lowest BCUT2D eigenvalue weighted by atomic mass is 10.00. The van der Waals surface area contributed by atoms with Crippen molar-refractivity contribution >= 4 is 33.0 Å². The number of hydrogen-bond donors (Lipinski definition) is 0. The number of allylic oxidation sites excluding steroid dienone is 4. The van der Waals surface area contributed by atoms with Gasteiger partial charge in [0.1, 0.15) is 16.9 Å². The largest absolute Gasteiger partial charge is 0.454 e. The van der Waals surface area contributed by atoms with Gasteiger partial charge in [-0.1, -0.05) is 78.9 Å². The lowest BCUT2D eigenvalue weighted by molar-refractivity contribution is 0.672. The minimum absolute atomic E-state index is 0.104. The Morgan fingerprint density at radius 2 is 1.56 bits per heavy atom. The highest BCUT2D eigenvalue weighted by atomic mass is 16.3. The van der Waals surface area contributed by atoms with Gasteiger partial charge in [-0.15, -0.1) is 0 Å². The third kappa shape index (κ3) is 2.90. The van der Waals surface area contributed by atoms with E-state index in [-0.39, 0.29) is 5.92 Å². The Hall–Kier alpha value is -4.51. The van der Waals surface area contributed by atoms with Gasteiger partial charge in [0, 0.05) is 22.3 Å². The van der Waals surface area contributed by atoms with Gasteiger partial charge in [-0.25, -0.2) is 4.98 Å². The molecule has 7 rings (SSSR count). The molecule has 5 heteroatoms. The van der Waals surface area contributed by atoms with E-state index in [4.69, 9.17) is 19.4 Å². The zero-order chi connectivity index (χ0) is 22.5. The molecule has 0 fully saturated rings. The van der Waals surface area contributed by atoms with E-state index < -0.39 is 0 Å². The molecule has 5 nitrogen and oxygen atoms in total. The Kier molecular flexibility index (Phi) is 4.21. The number of aromatic nitrogens is 4. The van der Waals surface area contributed by atoms with Crippen molar-refractivity contribution in [2.45, 2.75) is 12.3 Å². The van der Waals surface area contributed by atoms with Crippen LogP contribution in [0.4, 0.5) is 0 Å². The fourth-order valence-electron chi connectivity index (χ4n) is 4.76. The van der Waals surface area contributed by atoms with Gasteiger partial charge >= 0.3 is 0 Å². The molecule has 0 saturated heterocycles. The van der Waals surface area contributed by atoms with Gasteiger partial charge < -0.3 is 4.42 Å². The second kappa shape index (κ2) is 7.52. The van der Waals surface area contributed by atoms with Crippen LogP contribution in [0.5, 0.6) is 0 Å². The molecule has 1 unspecified atom stereocenters. The number of hydrogen-bond acceptors (Lipinski definition) is 4. The van der Waals surface area contributed by atoms with Crippen molar-refractivity contribution in [1.82, 2.24) is 19.5 Å². The van der Waals surface area contributed by atoms with Crippen LogP contribution in [0, 0.1) is 0 Å². The van der Waals surface area contributed by atoms with E-state index >= 15 is 0 Å².